The minimum absolute atomic E-state index is 0.0595. The Hall–Kier alpha value is -1.89. The van der Waals surface area contributed by atoms with Gasteiger partial charge in [-0.15, -0.1) is 11.8 Å². The smallest absolute Gasteiger partial charge is 0.321 e. The van der Waals surface area contributed by atoms with Gasteiger partial charge in [0.2, 0.25) is 0 Å². The SMILES string of the molecule is COc1ccc([C@@H]2N[C@@H](C(=O)O)CS2)cc1COc1cc(C)c(Cl)c(C)c1. The fraction of sp³-hybridized carbons (Fsp3) is 0.350. The summed E-state index contributed by atoms with van der Waals surface area (Å²) in [6.45, 7) is 4.24. The quantitative estimate of drug-likeness (QED) is 0.742. The largest absolute Gasteiger partial charge is 0.496 e. The second kappa shape index (κ2) is 8.42. The molecule has 0 spiro atoms. The van der Waals surface area contributed by atoms with Crippen LogP contribution in [-0.4, -0.2) is 30.0 Å². The molecule has 0 aliphatic carbocycles. The van der Waals surface area contributed by atoms with E-state index >= 15 is 0 Å². The van der Waals surface area contributed by atoms with E-state index in [0.717, 1.165) is 38.8 Å². The molecule has 1 aliphatic heterocycles. The molecular weight excluding hydrogens is 386 g/mol. The Morgan fingerprint density at radius 3 is 2.59 bits per heavy atom. The van der Waals surface area contributed by atoms with Crippen LogP contribution in [0.3, 0.4) is 0 Å². The number of methoxy groups -OCH3 is 1. The molecule has 2 aromatic rings. The number of aryl methyl sites for hydroxylation is 2. The van der Waals surface area contributed by atoms with E-state index in [-0.39, 0.29) is 5.37 Å². The molecule has 1 aliphatic rings. The van der Waals surface area contributed by atoms with E-state index in [9.17, 15) is 4.79 Å². The van der Waals surface area contributed by atoms with Gasteiger partial charge in [-0.1, -0.05) is 17.7 Å². The van der Waals surface area contributed by atoms with Crippen LogP contribution in [0.5, 0.6) is 11.5 Å². The Morgan fingerprint density at radius 2 is 2.00 bits per heavy atom. The summed E-state index contributed by atoms with van der Waals surface area (Å²) in [7, 11) is 1.62. The van der Waals surface area contributed by atoms with Crippen molar-refractivity contribution in [3.8, 4) is 11.5 Å². The van der Waals surface area contributed by atoms with Crippen LogP contribution in [0.25, 0.3) is 0 Å². The van der Waals surface area contributed by atoms with Crippen molar-refractivity contribution in [3.63, 3.8) is 0 Å². The van der Waals surface area contributed by atoms with Crippen LogP contribution in [0.1, 0.15) is 27.6 Å². The van der Waals surface area contributed by atoms with Gasteiger partial charge in [0, 0.05) is 16.3 Å². The van der Waals surface area contributed by atoms with E-state index in [1.54, 1.807) is 18.9 Å². The molecule has 1 fully saturated rings. The zero-order chi connectivity index (χ0) is 19.6. The molecule has 2 aromatic carbocycles. The first-order valence-electron chi connectivity index (χ1n) is 8.56. The number of aliphatic carboxylic acids is 1. The van der Waals surface area contributed by atoms with Gasteiger partial charge in [0.15, 0.2) is 0 Å². The molecule has 2 atom stereocenters. The Kier molecular flexibility index (Phi) is 6.19. The number of ether oxygens (including phenoxy) is 2. The fourth-order valence-electron chi connectivity index (χ4n) is 3.03. The maximum absolute atomic E-state index is 11.2. The molecule has 7 heteroatoms. The zero-order valence-electron chi connectivity index (χ0n) is 15.4. The summed E-state index contributed by atoms with van der Waals surface area (Å²) < 4.78 is 11.4. The van der Waals surface area contributed by atoms with Crippen molar-refractivity contribution in [3.05, 3.63) is 57.6 Å². The van der Waals surface area contributed by atoms with Gasteiger partial charge in [-0.25, -0.2) is 0 Å². The van der Waals surface area contributed by atoms with Gasteiger partial charge in [-0.3, -0.25) is 10.1 Å². The Bertz CT molecular complexity index is 835. The van der Waals surface area contributed by atoms with Crippen molar-refractivity contribution in [2.45, 2.75) is 31.9 Å². The molecule has 0 aromatic heterocycles. The molecule has 1 saturated heterocycles. The first-order chi connectivity index (χ1) is 12.9. The summed E-state index contributed by atoms with van der Waals surface area (Å²) in [6.07, 6.45) is 0. The van der Waals surface area contributed by atoms with Crippen molar-refractivity contribution >= 4 is 29.3 Å². The lowest BCUT2D eigenvalue weighted by atomic mass is 10.1. The van der Waals surface area contributed by atoms with Crippen LogP contribution >= 0.6 is 23.4 Å². The molecule has 0 bridgehead atoms. The molecule has 2 N–H and O–H groups in total. The molecule has 1 heterocycles. The minimum atomic E-state index is -0.824. The number of carboxylic acids is 1. The lowest BCUT2D eigenvalue weighted by Crippen LogP contribution is -2.33. The van der Waals surface area contributed by atoms with Gasteiger partial charge in [-0.2, -0.15) is 0 Å². The highest BCUT2D eigenvalue weighted by molar-refractivity contribution is 7.99. The highest BCUT2D eigenvalue weighted by Crippen LogP contribution is 2.35. The summed E-state index contributed by atoms with van der Waals surface area (Å²) in [6, 6.07) is 9.15. The van der Waals surface area contributed by atoms with Crippen molar-refractivity contribution in [2.24, 2.45) is 0 Å². The second-order valence-corrected chi connectivity index (χ2v) is 8.02. The first-order valence-corrected chi connectivity index (χ1v) is 9.98. The maximum Gasteiger partial charge on any atom is 0.321 e. The Balaban J connectivity index is 1.77. The molecule has 0 radical (unpaired) electrons. The minimum Gasteiger partial charge on any atom is -0.496 e. The molecule has 144 valence electrons. The summed E-state index contributed by atoms with van der Waals surface area (Å²) in [5, 5.41) is 13.0. The molecular formula is C20H22ClNO4S. The molecule has 3 rings (SSSR count). The van der Waals surface area contributed by atoms with E-state index in [2.05, 4.69) is 5.32 Å². The van der Waals surface area contributed by atoms with Gasteiger partial charge in [-0.05, 0) is 54.8 Å². The average Bonchev–Trinajstić information content (AvgIpc) is 3.14. The van der Waals surface area contributed by atoms with Gasteiger partial charge >= 0.3 is 5.97 Å². The summed E-state index contributed by atoms with van der Waals surface area (Å²) >= 11 is 7.80. The third-order valence-electron chi connectivity index (χ3n) is 4.49. The summed E-state index contributed by atoms with van der Waals surface area (Å²) in [5.41, 5.74) is 3.85. The van der Waals surface area contributed by atoms with Crippen molar-refractivity contribution in [2.75, 3.05) is 12.9 Å². The van der Waals surface area contributed by atoms with E-state index in [1.165, 1.54) is 0 Å². The predicted octanol–water partition coefficient (Wildman–Crippen LogP) is 4.33. The Labute approximate surface area is 168 Å². The van der Waals surface area contributed by atoms with Gasteiger partial charge in [0.05, 0.1) is 12.5 Å². The van der Waals surface area contributed by atoms with Crippen molar-refractivity contribution in [1.29, 1.82) is 0 Å². The van der Waals surface area contributed by atoms with Crippen LogP contribution < -0.4 is 14.8 Å². The summed E-state index contributed by atoms with van der Waals surface area (Å²) in [5.74, 6) is 1.21. The number of carbonyl (C=O) groups is 1. The summed E-state index contributed by atoms with van der Waals surface area (Å²) in [4.78, 5) is 11.2. The molecule has 27 heavy (non-hydrogen) atoms. The van der Waals surface area contributed by atoms with Crippen LogP contribution in [0.15, 0.2) is 30.3 Å². The molecule has 0 amide bonds. The third-order valence-corrected chi connectivity index (χ3v) is 6.36. The van der Waals surface area contributed by atoms with Crippen LogP contribution in [-0.2, 0) is 11.4 Å². The normalized spacial score (nSPS) is 19.1. The Morgan fingerprint density at radius 1 is 1.30 bits per heavy atom. The van der Waals surface area contributed by atoms with Gasteiger partial charge < -0.3 is 14.6 Å². The second-order valence-electron chi connectivity index (χ2n) is 6.50. The van der Waals surface area contributed by atoms with Crippen LogP contribution in [0.2, 0.25) is 5.02 Å². The number of hydrogen-bond donors (Lipinski definition) is 2. The number of nitrogens with one attached hydrogen (secondary N) is 1. The van der Waals surface area contributed by atoms with E-state index in [1.807, 2.05) is 44.2 Å². The highest BCUT2D eigenvalue weighted by Gasteiger charge is 2.30. The van der Waals surface area contributed by atoms with E-state index in [0.29, 0.717) is 12.4 Å². The number of benzene rings is 2. The van der Waals surface area contributed by atoms with Crippen LogP contribution in [0, 0.1) is 13.8 Å². The predicted molar refractivity (Wildman–Crippen MR) is 108 cm³/mol. The monoisotopic (exact) mass is 407 g/mol. The number of thioether (sulfide) groups is 1. The van der Waals surface area contributed by atoms with E-state index in [4.69, 9.17) is 26.2 Å². The zero-order valence-corrected chi connectivity index (χ0v) is 17.0. The van der Waals surface area contributed by atoms with Gasteiger partial charge in [0.1, 0.15) is 24.1 Å². The highest BCUT2D eigenvalue weighted by atomic mass is 35.5. The fourth-order valence-corrected chi connectivity index (χ4v) is 4.36. The standard InChI is InChI=1S/C20H22ClNO4S/c1-11-6-15(7-12(2)18(11)21)26-9-14-8-13(4-5-17(14)25-3)19-22-16(10-27-19)20(23)24/h4-8,16,19,22H,9-10H2,1-3H3,(H,23,24)/t16-,19-/m1/s1. The third kappa shape index (κ3) is 4.51. The van der Waals surface area contributed by atoms with Gasteiger partial charge in [0.25, 0.3) is 0 Å². The average molecular weight is 408 g/mol. The van der Waals surface area contributed by atoms with Crippen molar-refractivity contribution < 1.29 is 19.4 Å². The molecule has 5 nitrogen and oxygen atoms in total. The van der Waals surface area contributed by atoms with E-state index < -0.39 is 12.0 Å². The lowest BCUT2D eigenvalue weighted by Gasteiger charge is -2.16. The lowest BCUT2D eigenvalue weighted by molar-refractivity contribution is -0.138. The number of rotatable bonds is 6. The number of halogens is 1. The van der Waals surface area contributed by atoms with Crippen molar-refractivity contribution in [1.82, 2.24) is 5.32 Å². The first kappa shape index (κ1) is 19.9. The number of hydrogen-bond acceptors (Lipinski definition) is 5. The maximum atomic E-state index is 11.2. The topological polar surface area (TPSA) is 67.8 Å². The van der Waals surface area contributed by atoms with Crippen LogP contribution in [0.4, 0.5) is 0 Å². The molecule has 0 saturated carbocycles. The number of carboxylic acid groups (broad SMARTS) is 1. The molecule has 0 unspecified atom stereocenters.